The number of furan rings is 1. The first-order valence-corrected chi connectivity index (χ1v) is 8.46. The Hall–Kier alpha value is -1.08. The zero-order chi connectivity index (χ0) is 19.1. The topological polar surface area (TPSA) is 64.1 Å². The first kappa shape index (κ1) is 11.5. The molecule has 0 saturated carbocycles. The van der Waals surface area contributed by atoms with Gasteiger partial charge in [-0.1, -0.05) is 17.7 Å². The molecular weight excluding hydrogens is 386 g/mol. The fourth-order valence-corrected chi connectivity index (χ4v) is 3.40. The van der Waals surface area contributed by atoms with Gasteiger partial charge in [0.2, 0.25) is 0 Å². The zero-order valence-electron chi connectivity index (χ0n) is 15.3. The van der Waals surface area contributed by atoms with Crippen molar-refractivity contribution < 1.29 is 9.90 Å². The van der Waals surface area contributed by atoms with Crippen LogP contribution in [0.3, 0.4) is 0 Å². The van der Waals surface area contributed by atoms with Gasteiger partial charge in [0.25, 0.3) is 0 Å². The molecular formula is C15H15BrClN3OS. The summed E-state index contributed by atoms with van der Waals surface area (Å²) in [4.78, 5) is 5.37. The Morgan fingerprint density at radius 2 is 2.55 bits per heavy atom. The standard InChI is InChI=1S/C15H15BrClN3OS/c1-8(18)5-11-13(16)14-15(21-11)10(6-12(17)20-14)19-7-9-3-2-4-22-9/h2-4,6,8H,5,7,18H2,1H3,(H,19,20)/i1D3,8D. The number of nitrogens with zero attached hydrogens (tertiary/aromatic N) is 1. The molecule has 0 spiro atoms. The molecule has 0 aliphatic carbocycles. The third-order valence-electron chi connectivity index (χ3n) is 3.00. The Morgan fingerprint density at radius 1 is 1.68 bits per heavy atom. The second-order valence-electron chi connectivity index (χ2n) is 4.64. The first-order valence-electron chi connectivity index (χ1n) is 8.41. The van der Waals surface area contributed by atoms with E-state index in [0.29, 0.717) is 27.8 Å². The maximum Gasteiger partial charge on any atom is 0.177 e. The van der Waals surface area contributed by atoms with E-state index in [-0.39, 0.29) is 17.3 Å². The predicted molar refractivity (Wildman–Crippen MR) is 95.7 cm³/mol. The van der Waals surface area contributed by atoms with Gasteiger partial charge in [-0.15, -0.1) is 11.3 Å². The average molecular weight is 405 g/mol. The van der Waals surface area contributed by atoms with E-state index in [9.17, 15) is 0 Å². The lowest BCUT2D eigenvalue weighted by atomic mass is 10.2. The van der Waals surface area contributed by atoms with Crippen LogP contribution in [-0.4, -0.2) is 11.0 Å². The summed E-state index contributed by atoms with van der Waals surface area (Å²) < 4.78 is 36.5. The van der Waals surface area contributed by atoms with Gasteiger partial charge in [-0.05, 0) is 34.2 Å². The number of fused-ring (bicyclic) bond motifs is 1. The minimum atomic E-state index is -2.66. The van der Waals surface area contributed by atoms with Crippen molar-refractivity contribution in [2.45, 2.75) is 25.8 Å². The Bertz CT molecular complexity index is 927. The molecule has 0 amide bonds. The Labute approximate surface area is 151 Å². The number of rotatable bonds is 5. The third-order valence-corrected chi connectivity index (χ3v) is 4.89. The van der Waals surface area contributed by atoms with Gasteiger partial charge in [0, 0.05) is 35.4 Å². The van der Waals surface area contributed by atoms with Crippen LogP contribution in [0, 0.1) is 0 Å². The van der Waals surface area contributed by atoms with Crippen LogP contribution in [0.2, 0.25) is 5.15 Å². The van der Waals surface area contributed by atoms with Crippen LogP contribution in [-0.2, 0) is 13.0 Å². The number of nitrogens with one attached hydrogen (secondary N) is 1. The van der Waals surface area contributed by atoms with Gasteiger partial charge >= 0.3 is 0 Å². The van der Waals surface area contributed by atoms with E-state index in [1.807, 2.05) is 17.5 Å². The molecule has 0 fully saturated rings. The van der Waals surface area contributed by atoms with Crippen LogP contribution in [0.15, 0.2) is 32.5 Å². The maximum absolute atomic E-state index is 7.93. The summed E-state index contributed by atoms with van der Waals surface area (Å²) in [5.41, 5.74) is 7.17. The highest BCUT2D eigenvalue weighted by Gasteiger charge is 2.18. The molecule has 0 aliphatic heterocycles. The second-order valence-corrected chi connectivity index (χ2v) is 6.86. The summed E-state index contributed by atoms with van der Waals surface area (Å²) in [5.74, 6) is 0.238. The highest BCUT2D eigenvalue weighted by atomic mass is 79.9. The predicted octanol–water partition coefficient (Wildman–Crippen LogP) is 4.81. The number of hydrogen-bond acceptors (Lipinski definition) is 5. The first-order chi connectivity index (χ1) is 12.1. The summed E-state index contributed by atoms with van der Waals surface area (Å²) >= 11 is 11.1. The number of hydrogen-bond donors (Lipinski definition) is 2. The summed E-state index contributed by atoms with van der Waals surface area (Å²) in [5, 5.41) is 5.49. The zero-order valence-corrected chi connectivity index (χ0v) is 14.5. The molecule has 1 unspecified atom stereocenters. The molecule has 3 aromatic heterocycles. The minimum absolute atomic E-state index is 0.238. The van der Waals surface area contributed by atoms with Crippen molar-refractivity contribution in [3.05, 3.63) is 43.8 Å². The Kier molecular flexibility index (Phi) is 3.43. The number of aromatic nitrogens is 1. The molecule has 1 atom stereocenters. The fraction of sp³-hybridized carbons (Fsp3) is 0.267. The average Bonchev–Trinajstić information content (AvgIpc) is 3.14. The lowest BCUT2D eigenvalue weighted by Gasteiger charge is -2.06. The highest BCUT2D eigenvalue weighted by molar-refractivity contribution is 9.10. The van der Waals surface area contributed by atoms with Gasteiger partial charge in [0.1, 0.15) is 16.4 Å². The Balaban J connectivity index is 1.97. The van der Waals surface area contributed by atoms with Gasteiger partial charge in [-0.2, -0.15) is 0 Å². The quantitative estimate of drug-likeness (QED) is 0.599. The van der Waals surface area contributed by atoms with Gasteiger partial charge in [-0.3, -0.25) is 0 Å². The SMILES string of the molecule is [2H]C([2H])([2H])C([2H])(N)Cc1oc2c(NCc3cccs3)cc(Cl)nc2c1Br. The minimum Gasteiger partial charge on any atom is -0.456 e. The van der Waals surface area contributed by atoms with Crippen molar-refractivity contribution in [2.24, 2.45) is 5.73 Å². The van der Waals surface area contributed by atoms with Crippen molar-refractivity contribution in [3.8, 4) is 0 Å². The lowest BCUT2D eigenvalue weighted by molar-refractivity contribution is 0.523. The second kappa shape index (κ2) is 6.58. The molecule has 0 radical (unpaired) electrons. The number of thiophene rings is 1. The van der Waals surface area contributed by atoms with E-state index >= 15 is 0 Å². The van der Waals surface area contributed by atoms with Gasteiger partial charge < -0.3 is 15.5 Å². The van der Waals surface area contributed by atoms with E-state index in [1.54, 1.807) is 17.4 Å². The summed E-state index contributed by atoms with van der Waals surface area (Å²) in [7, 11) is 0. The molecule has 4 nitrogen and oxygen atoms in total. The number of nitrogens with two attached hydrogens (primary N) is 1. The van der Waals surface area contributed by atoms with Crippen LogP contribution in [0.5, 0.6) is 0 Å². The Morgan fingerprint density at radius 3 is 3.27 bits per heavy atom. The van der Waals surface area contributed by atoms with E-state index in [0.717, 1.165) is 4.88 Å². The van der Waals surface area contributed by atoms with E-state index in [1.165, 1.54) is 0 Å². The largest absolute Gasteiger partial charge is 0.456 e. The molecule has 0 aliphatic rings. The molecule has 0 aromatic carbocycles. The molecule has 0 saturated heterocycles. The smallest absolute Gasteiger partial charge is 0.177 e. The van der Waals surface area contributed by atoms with Crippen LogP contribution in [0.25, 0.3) is 11.1 Å². The van der Waals surface area contributed by atoms with Crippen LogP contribution < -0.4 is 11.1 Å². The summed E-state index contributed by atoms with van der Waals surface area (Å²) in [6, 6.07) is 3.41. The molecule has 3 aromatic rings. The van der Waals surface area contributed by atoms with Gasteiger partial charge in [0.05, 0.1) is 10.2 Å². The molecule has 3 rings (SSSR count). The molecule has 3 heterocycles. The van der Waals surface area contributed by atoms with Crippen LogP contribution in [0.4, 0.5) is 5.69 Å². The molecule has 116 valence electrons. The van der Waals surface area contributed by atoms with E-state index in [4.69, 9.17) is 27.2 Å². The molecule has 22 heavy (non-hydrogen) atoms. The normalized spacial score (nSPS) is 17.4. The number of halogens is 2. The van der Waals surface area contributed by atoms with Gasteiger partial charge in [0.15, 0.2) is 5.58 Å². The molecule has 7 heteroatoms. The van der Waals surface area contributed by atoms with Crippen LogP contribution in [0.1, 0.15) is 23.0 Å². The van der Waals surface area contributed by atoms with E-state index < -0.39 is 12.9 Å². The van der Waals surface area contributed by atoms with Crippen molar-refractivity contribution >= 4 is 55.7 Å². The van der Waals surface area contributed by atoms with Crippen molar-refractivity contribution in [2.75, 3.05) is 5.32 Å². The van der Waals surface area contributed by atoms with Gasteiger partial charge in [-0.25, -0.2) is 4.98 Å². The third kappa shape index (κ3) is 3.30. The van der Waals surface area contributed by atoms with Crippen molar-refractivity contribution in [1.82, 2.24) is 4.98 Å². The van der Waals surface area contributed by atoms with E-state index in [2.05, 4.69) is 26.2 Å². The van der Waals surface area contributed by atoms with Crippen LogP contribution >= 0.6 is 38.9 Å². The fourth-order valence-electron chi connectivity index (χ4n) is 2.07. The number of pyridine rings is 1. The molecule has 3 N–H and O–H groups in total. The lowest BCUT2D eigenvalue weighted by Crippen LogP contribution is -2.17. The van der Waals surface area contributed by atoms with Crippen molar-refractivity contribution in [1.29, 1.82) is 0 Å². The monoisotopic (exact) mass is 403 g/mol. The number of anilines is 1. The maximum atomic E-state index is 7.93. The highest BCUT2D eigenvalue weighted by Crippen LogP contribution is 2.36. The van der Waals surface area contributed by atoms with Crippen molar-refractivity contribution in [3.63, 3.8) is 0 Å². The summed E-state index contributed by atoms with van der Waals surface area (Å²) in [6.45, 7) is -2.08. The summed E-state index contributed by atoms with van der Waals surface area (Å²) in [6.07, 6.45) is -0.303. The molecule has 0 bridgehead atoms.